The number of halogens is 1. The van der Waals surface area contributed by atoms with Gasteiger partial charge < -0.3 is 10.6 Å². The number of rotatable bonds is 4. The molecule has 2 heterocycles. The molecule has 5 heteroatoms. The summed E-state index contributed by atoms with van der Waals surface area (Å²) in [5.41, 5.74) is 3.68. The molecule has 1 aliphatic rings. The quantitative estimate of drug-likeness (QED) is 0.695. The SMILES string of the molecule is O=C(Nc1ccc(-c2ccc(F)nc2)cc1)C1CNCC1c1ccccc1. The Hall–Kier alpha value is -3.05. The highest BCUT2D eigenvalue weighted by Crippen LogP contribution is 2.29. The lowest BCUT2D eigenvalue weighted by atomic mass is 9.88. The number of pyridine rings is 1. The van der Waals surface area contributed by atoms with Crippen molar-refractivity contribution in [2.24, 2.45) is 5.92 Å². The van der Waals surface area contributed by atoms with E-state index in [0.717, 1.165) is 23.4 Å². The molecule has 27 heavy (non-hydrogen) atoms. The van der Waals surface area contributed by atoms with Gasteiger partial charge in [0.1, 0.15) is 0 Å². The van der Waals surface area contributed by atoms with Gasteiger partial charge in [0.15, 0.2) is 0 Å². The van der Waals surface area contributed by atoms with Crippen molar-refractivity contribution >= 4 is 11.6 Å². The third kappa shape index (κ3) is 3.88. The van der Waals surface area contributed by atoms with Gasteiger partial charge >= 0.3 is 0 Å². The number of carbonyl (C=O) groups is 1. The molecule has 1 fully saturated rings. The van der Waals surface area contributed by atoms with E-state index in [1.165, 1.54) is 17.8 Å². The first-order valence-electron chi connectivity index (χ1n) is 8.99. The van der Waals surface area contributed by atoms with Gasteiger partial charge in [0.25, 0.3) is 0 Å². The molecule has 3 aromatic rings. The molecule has 0 aliphatic carbocycles. The van der Waals surface area contributed by atoms with Gasteiger partial charge in [0.05, 0.1) is 5.92 Å². The number of nitrogens with zero attached hydrogens (tertiary/aromatic N) is 1. The van der Waals surface area contributed by atoms with E-state index in [9.17, 15) is 9.18 Å². The summed E-state index contributed by atoms with van der Waals surface area (Å²) in [6.45, 7) is 1.48. The Bertz CT molecular complexity index is 911. The number of hydrogen-bond acceptors (Lipinski definition) is 3. The zero-order chi connectivity index (χ0) is 18.6. The maximum Gasteiger partial charge on any atom is 0.229 e. The first kappa shape index (κ1) is 17.4. The van der Waals surface area contributed by atoms with Crippen LogP contribution in [0.25, 0.3) is 11.1 Å². The molecule has 1 saturated heterocycles. The minimum atomic E-state index is -0.499. The number of nitrogens with one attached hydrogen (secondary N) is 2. The summed E-state index contributed by atoms with van der Waals surface area (Å²) < 4.78 is 12.9. The molecule has 0 spiro atoms. The van der Waals surface area contributed by atoms with Crippen LogP contribution in [0.1, 0.15) is 11.5 Å². The van der Waals surface area contributed by atoms with E-state index in [1.807, 2.05) is 42.5 Å². The third-order valence-electron chi connectivity index (χ3n) is 4.99. The van der Waals surface area contributed by atoms with Gasteiger partial charge in [-0.15, -0.1) is 0 Å². The summed E-state index contributed by atoms with van der Waals surface area (Å²) in [5.74, 6) is -0.407. The summed E-state index contributed by atoms with van der Waals surface area (Å²) >= 11 is 0. The second kappa shape index (κ2) is 7.68. The number of benzene rings is 2. The van der Waals surface area contributed by atoms with Gasteiger partial charge in [0, 0.05) is 36.5 Å². The Labute approximate surface area is 157 Å². The third-order valence-corrected chi connectivity index (χ3v) is 4.99. The lowest BCUT2D eigenvalue weighted by Gasteiger charge is -2.18. The highest BCUT2D eigenvalue weighted by Gasteiger charge is 2.33. The Morgan fingerprint density at radius 1 is 0.963 bits per heavy atom. The predicted octanol–water partition coefficient (Wildman–Crippen LogP) is 3.83. The van der Waals surface area contributed by atoms with E-state index in [-0.39, 0.29) is 17.7 Å². The Kier molecular flexibility index (Phi) is 4.94. The van der Waals surface area contributed by atoms with Crippen LogP contribution in [-0.4, -0.2) is 24.0 Å². The topological polar surface area (TPSA) is 54.0 Å². The summed E-state index contributed by atoms with van der Waals surface area (Å²) in [5, 5.41) is 6.34. The van der Waals surface area contributed by atoms with Gasteiger partial charge in [-0.3, -0.25) is 4.79 Å². The molecule has 1 aromatic heterocycles. The number of amides is 1. The van der Waals surface area contributed by atoms with Crippen LogP contribution in [0.4, 0.5) is 10.1 Å². The van der Waals surface area contributed by atoms with E-state index < -0.39 is 5.95 Å². The number of aromatic nitrogens is 1. The second-order valence-electron chi connectivity index (χ2n) is 6.72. The standard InChI is InChI=1S/C22H20FN3O/c23-21-11-8-17(12-25-21)15-6-9-18(10-7-15)26-22(27)20-14-24-13-19(20)16-4-2-1-3-5-16/h1-12,19-20,24H,13-14H2,(H,26,27). The summed E-state index contributed by atoms with van der Waals surface area (Å²) in [6, 6.07) is 20.7. The Morgan fingerprint density at radius 3 is 2.41 bits per heavy atom. The van der Waals surface area contributed by atoms with Crippen molar-refractivity contribution in [2.45, 2.75) is 5.92 Å². The summed E-state index contributed by atoms with van der Waals surface area (Å²) in [7, 11) is 0. The highest BCUT2D eigenvalue weighted by molar-refractivity contribution is 5.93. The molecule has 1 aliphatic heterocycles. The molecular weight excluding hydrogens is 341 g/mol. The van der Waals surface area contributed by atoms with Gasteiger partial charge in [-0.2, -0.15) is 4.39 Å². The molecule has 1 amide bonds. The van der Waals surface area contributed by atoms with Crippen molar-refractivity contribution in [2.75, 3.05) is 18.4 Å². The maximum atomic E-state index is 12.9. The minimum Gasteiger partial charge on any atom is -0.326 e. The first-order valence-corrected chi connectivity index (χ1v) is 8.99. The molecule has 0 saturated carbocycles. The molecule has 2 aromatic carbocycles. The van der Waals surface area contributed by atoms with Gasteiger partial charge in [-0.05, 0) is 35.4 Å². The molecule has 2 N–H and O–H groups in total. The molecule has 136 valence electrons. The molecule has 2 unspecified atom stereocenters. The Balaban J connectivity index is 1.45. The number of anilines is 1. The first-order chi connectivity index (χ1) is 13.2. The number of carbonyl (C=O) groups excluding carboxylic acids is 1. The van der Waals surface area contributed by atoms with Crippen molar-refractivity contribution in [1.82, 2.24) is 10.3 Å². The maximum absolute atomic E-state index is 12.9. The van der Waals surface area contributed by atoms with Crippen molar-refractivity contribution in [3.8, 4) is 11.1 Å². The van der Waals surface area contributed by atoms with Gasteiger partial charge in [0.2, 0.25) is 11.9 Å². The van der Waals surface area contributed by atoms with E-state index in [0.29, 0.717) is 6.54 Å². The van der Waals surface area contributed by atoms with Crippen LogP contribution in [0.2, 0.25) is 0 Å². The van der Waals surface area contributed by atoms with Gasteiger partial charge in [-0.1, -0.05) is 42.5 Å². The lowest BCUT2D eigenvalue weighted by molar-refractivity contribution is -0.119. The van der Waals surface area contributed by atoms with Crippen LogP contribution in [0.3, 0.4) is 0 Å². The van der Waals surface area contributed by atoms with Crippen LogP contribution in [0, 0.1) is 11.9 Å². The summed E-state index contributed by atoms with van der Waals surface area (Å²) in [4.78, 5) is 16.5. The fourth-order valence-corrected chi connectivity index (χ4v) is 3.53. The van der Waals surface area contributed by atoms with E-state index in [4.69, 9.17) is 0 Å². The van der Waals surface area contributed by atoms with Crippen LogP contribution < -0.4 is 10.6 Å². The van der Waals surface area contributed by atoms with E-state index in [1.54, 1.807) is 6.07 Å². The monoisotopic (exact) mass is 361 g/mol. The lowest BCUT2D eigenvalue weighted by Crippen LogP contribution is -2.28. The molecular formula is C22H20FN3O. The Morgan fingerprint density at radius 2 is 1.70 bits per heavy atom. The average Bonchev–Trinajstić information content (AvgIpc) is 3.20. The molecule has 2 atom stereocenters. The van der Waals surface area contributed by atoms with Crippen LogP contribution in [0.15, 0.2) is 72.9 Å². The zero-order valence-corrected chi connectivity index (χ0v) is 14.7. The van der Waals surface area contributed by atoms with Crippen molar-refractivity contribution in [1.29, 1.82) is 0 Å². The zero-order valence-electron chi connectivity index (χ0n) is 14.7. The molecule has 0 radical (unpaired) electrons. The van der Waals surface area contributed by atoms with Crippen LogP contribution in [0.5, 0.6) is 0 Å². The normalized spacial score (nSPS) is 19.0. The fraction of sp³-hybridized carbons (Fsp3) is 0.182. The average molecular weight is 361 g/mol. The van der Waals surface area contributed by atoms with Crippen LogP contribution in [-0.2, 0) is 4.79 Å². The second-order valence-corrected chi connectivity index (χ2v) is 6.72. The van der Waals surface area contributed by atoms with Crippen LogP contribution >= 0.6 is 0 Å². The van der Waals surface area contributed by atoms with Crippen molar-refractivity contribution < 1.29 is 9.18 Å². The van der Waals surface area contributed by atoms with E-state index >= 15 is 0 Å². The van der Waals surface area contributed by atoms with Gasteiger partial charge in [-0.25, -0.2) is 4.98 Å². The summed E-state index contributed by atoms with van der Waals surface area (Å²) in [6.07, 6.45) is 1.50. The van der Waals surface area contributed by atoms with Crippen molar-refractivity contribution in [3.05, 3.63) is 84.4 Å². The highest BCUT2D eigenvalue weighted by atomic mass is 19.1. The predicted molar refractivity (Wildman–Crippen MR) is 104 cm³/mol. The molecule has 4 nitrogen and oxygen atoms in total. The smallest absolute Gasteiger partial charge is 0.229 e. The van der Waals surface area contributed by atoms with Crippen molar-refractivity contribution in [3.63, 3.8) is 0 Å². The molecule has 0 bridgehead atoms. The largest absolute Gasteiger partial charge is 0.326 e. The minimum absolute atomic E-state index is 0.0186. The van der Waals surface area contributed by atoms with E-state index in [2.05, 4.69) is 27.8 Å². The fourth-order valence-electron chi connectivity index (χ4n) is 3.53. The number of hydrogen-bond donors (Lipinski definition) is 2. The molecule has 4 rings (SSSR count).